The predicted molar refractivity (Wildman–Crippen MR) is 137 cm³/mol. The summed E-state index contributed by atoms with van der Waals surface area (Å²) in [5.41, 5.74) is -1.78. The highest BCUT2D eigenvalue weighted by Crippen LogP contribution is 2.31. The summed E-state index contributed by atoms with van der Waals surface area (Å²) >= 11 is 0. The number of nitrogens with zero attached hydrogens (tertiary/aromatic N) is 1. The van der Waals surface area contributed by atoms with Crippen LogP contribution < -0.4 is 0 Å². The molecule has 1 aliphatic rings. The molecule has 0 N–H and O–H groups in total. The molecule has 0 aliphatic carbocycles. The first kappa shape index (κ1) is 31.1. The molecule has 0 radical (unpaired) electrons. The van der Waals surface area contributed by atoms with Crippen LogP contribution in [0.25, 0.3) is 0 Å². The lowest BCUT2D eigenvalue weighted by atomic mass is 10.0. The average Bonchev–Trinajstić information content (AvgIpc) is 3.35. The molecule has 1 aromatic carbocycles. The Morgan fingerprint density at radius 3 is 1.97 bits per heavy atom. The Morgan fingerprint density at radius 2 is 1.43 bits per heavy atom. The lowest BCUT2D eigenvalue weighted by molar-refractivity contribution is -0.148. The highest BCUT2D eigenvalue weighted by atomic mass is 19.4. The van der Waals surface area contributed by atoms with Crippen LogP contribution in [-0.2, 0) is 15.7 Å². The first-order valence-electron chi connectivity index (χ1n) is 14.1. The van der Waals surface area contributed by atoms with Gasteiger partial charge in [-0.2, -0.15) is 13.2 Å². The minimum Gasteiger partial charge on any atom is -0.464 e. The summed E-state index contributed by atoms with van der Waals surface area (Å²) in [7, 11) is 0. The largest absolute Gasteiger partial charge is 0.464 e. The average molecular weight is 530 g/mol. The minimum atomic E-state index is -4.69. The maximum atomic E-state index is 14.2. The van der Waals surface area contributed by atoms with E-state index in [1.54, 1.807) is 0 Å². The number of carbonyl (C=O) groups is 2. The number of halogens is 4. The van der Waals surface area contributed by atoms with Gasteiger partial charge in [-0.15, -0.1) is 0 Å². The van der Waals surface area contributed by atoms with Crippen LogP contribution in [-0.4, -0.2) is 36.0 Å². The molecule has 4 nitrogen and oxygen atoms in total. The third-order valence-electron chi connectivity index (χ3n) is 7.05. The fourth-order valence-electron chi connectivity index (χ4n) is 4.84. The monoisotopic (exact) mass is 529 g/mol. The highest BCUT2D eigenvalue weighted by Gasteiger charge is 2.38. The Labute approximate surface area is 219 Å². The molecule has 1 fully saturated rings. The standard InChI is InChI=1S/C29H43F4NO3/c1-2-3-4-5-6-7-8-9-10-11-12-13-14-15-21-37-28(36)26-17-16-20-34(26)27(35)24-22-23(29(31,32)33)18-19-25(24)30/h18-19,22,26H,2-17,20-21H2,1H3. The fourth-order valence-corrected chi connectivity index (χ4v) is 4.84. The normalized spacial score (nSPS) is 15.8. The van der Waals surface area contributed by atoms with E-state index in [-0.39, 0.29) is 13.2 Å². The molecule has 1 unspecified atom stereocenters. The van der Waals surface area contributed by atoms with Gasteiger partial charge in [0, 0.05) is 6.54 Å². The van der Waals surface area contributed by atoms with Gasteiger partial charge >= 0.3 is 12.1 Å². The van der Waals surface area contributed by atoms with Crippen molar-refractivity contribution < 1.29 is 31.9 Å². The Kier molecular flexibility index (Phi) is 14.0. The molecule has 8 heteroatoms. The number of carbonyl (C=O) groups excluding carboxylic acids is 2. The maximum Gasteiger partial charge on any atom is 0.416 e. The first-order chi connectivity index (χ1) is 17.8. The van der Waals surface area contributed by atoms with Gasteiger partial charge in [-0.3, -0.25) is 4.79 Å². The van der Waals surface area contributed by atoms with Gasteiger partial charge in [0.1, 0.15) is 11.9 Å². The lowest BCUT2D eigenvalue weighted by Gasteiger charge is -2.24. The third-order valence-corrected chi connectivity index (χ3v) is 7.05. The van der Waals surface area contributed by atoms with E-state index in [1.807, 2.05) is 0 Å². The second-order valence-corrected chi connectivity index (χ2v) is 10.1. The van der Waals surface area contributed by atoms with E-state index in [9.17, 15) is 27.2 Å². The Bertz CT molecular complexity index is 828. The van der Waals surface area contributed by atoms with Gasteiger partial charge in [0.25, 0.3) is 5.91 Å². The van der Waals surface area contributed by atoms with E-state index in [0.717, 1.165) is 30.6 Å². The molecule has 1 saturated heterocycles. The van der Waals surface area contributed by atoms with Crippen molar-refractivity contribution in [1.82, 2.24) is 4.90 Å². The number of hydrogen-bond donors (Lipinski definition) is 0. The Balaban J connectivity index is 1.61. The Morgan fingerprint density at radius 1 is 0.892 bits per heavy atom. The van der Waals surface area contributed by atoms with Crippen molar-refractivity contribution in [2.24, 2.45) is 0 Å². The number of hydrogen-bond acceptors (Lipinski definition) is 3. The van der Waals surface area contributed by atoms with Gasteiger partial charge < -0.3 is 9.64 Å². The van der Waals surface area contributed by atoms with Crippen molar-refractivity contribution in [3.8, 4) is 0 Å². The summed E-state index contributed by atoms with van der Waals surface area (Å²) in [4.78, 5) is 26.5. The zero-order chi connectivity index (χ0) is 27.1. The molecular formula is C29H43F4NO3. The van der Waals surface area contributed by atoms with Crippen molar-refractivity contribution in [2.45, 2.75) is 122 Å². The van der Waals surface area contributed by atoms with Crippen molar-refractivity contribution in [2.75, 3.05) is 13.2 Å². The molecule has 2 rings (SSSR count). The van der Waals surface area contributed by atoms with E-state index < -0.39 is 41.0 Å². The fraction of sp³-hybridized carbons (Fsp3) is 0.724. The summed E-state index contributed by atoms with van der Waals surface area (Å²) in [6.07, 6.45) is 13.3. The molecule has 37 heavy (non-hydrogen) atoms. The van der Waals surface area contributed by atoms with Crippen LogP contribution in [0.3, 0.4) is 0 Å². The second kappa shape index (κ2) is 16.7. The van der Waals surface area contributed by atoms with Gasteiger partial charge in [0.2, 0.25) is 0 Å². The van der Waals surface area contributed by atoms with Crippen LogP contribution in [0.5, 0.6) is 0 Å². The van der Waals surface area contributed by atoms with Gasteiger partial charge in [-0.05, 0) is 37.5 Å². The van der Waals surface area contributed by atoms with Crippen LogP contribution in [0.4, 0.5) is 17.6 Å². The first-order valence-corrected chi connectivity index (χ1v) is 14.1. The van der Waals surface area contributed by atoms with Crippen LogP contribution in [0.2, 0.25) is 0 Å². The van der Waals surface area contributed by atoms with Crippen molar-refractivity contribution in [3.63, 3.8) is 0 Å². The maximum absolute atomic E-state index is 14.2. The molecule has 1 aliphatic heterocycles. The molecule has 210 valence electrons. The molecule has 1 heterocycles. The molecular weight excluding hydrogens is 486 g/mol. The van der Waals surface area contributed by atoms with Gasteiger partial charge in [-0.25, -0.2) is 9.18 Å². The summed E-state index contributed by atoms with van der Waals surface area (Å²) in [6, 6.07) is 0.841. The number of rotatable bonds is 17. The molecule has 0 spiro atoms. The number of esters is 1. The van der Waals surface area contributed by atoms with Crippen LogP contribution in [0.1, 0.15) is 126 Å². The number of amides is 1. The lowest BCUT2D eigenvalue weighted by Crippen LogP contribution is -2.42. The third kappa shape index (κ3) is 11.0. The van der Waals surface area contributed by atoms with Crippen molar-refractivity contribution in [3.05, 3.63) is 35.1 Å². The van der Waals surface area contributed by atoms with E-state index in [0.29, 0.717) is 31.0 Å². The summed E-state index contributed by atoms with van der Waals surface area (Å²) < 4.78 is 58.5. The number of benzene rings is 1. The SMILES string of the molecule is CCCCCCCCCCCCCCCCOC(=O)C1CCCN1C(=O)c1cc(C(F)(F)F)ccc1F. The molecule has 1 amide bonds. The van der Waals surface area contributed by atoms with Crippen LogP contribution in [0, 0.1) is 5.82 Å². The van der Waals surface area contributed by atoms with Crippen molar-refractivity contribution >= 4 is 11.9 Å². The quantitative estimate of drug-likeness (QED) is 0.115. The summed E-state index contributed by atoms with van der Waals surface area (Å²) in [6.45, 7) is 2.65. The zero-order valence-electron chi connectivity index (χ0n) is 22.2. The van der Waals surface area contributed by atoms with E-state index in [1.165, 1.54) is 64.2 Å². The molecule has 0 bridgehead atoms. The number of unbranched alkanes of at least 4 members (excludes halogenated alkanes) is 13. The van der Waals surface area contributed by atoms with Crippen molar-refractivity contribution in [1.29, 1.82) is 0 Å². The zero-order valence-corrected chi connectivity index (χ0v) is 22.2. The van der Waals surface area contributed by atoms with E-state index >= 15 is 0 Å². The molecule has 1 atom stereocenters. The molecule has 0 aromatic heterocycles. The molecule has 0 saturated carbocycles. The second-order valence-electron chi connectivity index (χ2n) is 10.1. The smallest absolute Gasteiger partial charge is 0.416 e. The number of ether oxygens (including phenoxy) is 1. The molecule has 1 aromatic rings. The van der Waals surface area contributed by atoms with Crippen LogP contribution in [0.15, 0.2) is 18.2 Å². The van der Waals surface area contributed by atoms with E-state index in [4.69, 9.17) is 4.74 Å². The van der Waals surface area contributed by atoms with Gasteiger partial charge in [-0.1, -0.05) is 90.4 Å². The predicted octanol–water partition coefficient (Wildman–Crippen LogP) is 8.47. The topological polar surface area (TPSA) is 46.6 Å². The number of likely N-dealkylation sites (tertiary alicyclic amines) is 1. The number of alkyl halides is 3. The van der Waals surface area contributed by atoms with Gasteiger partial charge in [0.05, 0.1) is 17.7 Å². The van der Waals surface area contributed by atoms with E-state index in [2.05, 4.69) is 6.92 Å². The Hall–Kier alpha value is -2.12. The highest BCUT2D eigenvalue weighted by molar-refractivity contribution is 5.97. The minimum absolute atomic E-state index is 0.174. The van der Waals surface area contributed by atoms with Crippen LogP contribution >= 0.6 is 0 Å². The van der Waals surface area contributed by atoms with Gasteiger partial charge in [0.15, 0.2) is 0 Å². The summed E-state index contributed by atoms with van der Waals surface area (Å²) in [5, 5.41) is 0. The summed E-state index contributed by atoms with van der Waals surface area (Å²) in [5.74, 6) is -2.54.